The van der Waals surface area contributed by atoms with Crippen molar-refractivity contribution in [1.29, 1.82) is 0 Å². The number of benzene rings is 3. The van der Waals surface area contributed by atoms with E-state index in [0.717, 1.165) is 27.9 Å². The van der Waals surface area contributed by atoms with E-state index in [9.17, 15) is 24.3 Å². The van der Waals surface area contributed by atoms with Gasteiger partial charge in [0.25, 0.3) is 0 Å². The van der Waals surface area contributed by atoms with Crippen molar-refractivity contribution in [3.8, 4) is 17.1 Å². The maximum absolute atomic E-state index is 14.6. The molecule has 5 rings (SSSR count). The number of pyridine rings is 1. The zero-order valence-corrected chi connectivity index (χ0v) is 36.7. The molecule has 3 aromatic carbocycles. The molecule has 326 valence electrons. The SMILES string of the molecule is COC(=O)NC(C(=O)NC(Cc1ccc(-c2cccc(OC)n2)cc1)CC(O)C(Cc1ccccc1)NC(=O)C(N1CCN(Cc2ccccc2)C1=O)C(C)(C)C)C(C)(C)C. The highest BCUT2D eigenvalue weighted by Crippen LogP contribution is 2.30. The van der Waals surface area contributed by atoms with E-state index in [-0.39, 0.29) is 24.8 Å². The Balaban J connectivity index is 1.42. The van der Waals surface area contributed by atoms with Crippen LogP contribution < -0.4 is 20.7 Å². The number of rotatable bonds is 17. The number of aliphatic hydroxyl groups is 1. The Morgan fingerprint density at radius 1 is 0.721 bits per heavy atom. The van der Waals surface area contributed by atoms with E-state index in [2.05, 4.69) is 20.9 Å². The first kappa shape index (κ1) is 46.1. The Kier molecular flexibility index (Phi) is 15.5. The van der Waals surface area contributed by atoms with Crippen LogP contribution in [-0.2, 0) is 33.7 Å². The highest BCUT2D eigenvalue weighted by molar-refractivity contribution is 5.89. The lowest BCUT2D eigenvalue weighted by Crippen LogP contribution is -2.59. The Hall–Kier alpha value is -5.95. The summed E-state index contributed by atoms with van der Waals surface area (Å²) >= 11 is 0. The average molecular weight is 835 g/mol. The lowest BCUT2D eigenvalue weighted by Gasteiger charge is -2.38. The molecule has 0 aliphatic carbocycles. The van der Waals surface area contributed by atoms with Gasteiger partial charge in [-0.1, -0.05) is 133 Å². The summed E-state index contributed by atoms with van der Waals surface area (Å²) in [5.41, 5.74) is 3.04. The van der Waals surface area contributed by atoms with Crippen molar-refractivity contribution < 1.29 is 33.8 Å². The zero-order chi connectivity index (χ0) is 44.3. The van der Waals surface area contributed by atoms with Crippen molar-refractivity contribution in [2.75, 3.05) is 27.3 Å². The third-order valence-electron chi connectivity index (χ3n) is 10.9. The second-order valence-electron chi connectivity index (χ2n) is 17.9. The van der Waals surface area contributed by atoms with Gasteiger partial charge in [0.2, 0.25) is 17.7 Å². The maximum atomic E-state index is 14.6. The van der Waals surface area contributed by atoms with E-state index in [1.807, 2.05) is 139 Å². The smallest absolute Gasteiger partial charge is 0.407 e. The Labute approximate surface area is 360 Å². The van der Waals surface area contributed by atoms with E-state index in [0.29, 0.717) is 31.9 Å². The van der Waals surface area contributed by atoms with Gasteiger partial charge in [0.1, 0.15) is 12.1 Å². The van der Waals surface area contributed by atoms with Crippen molar-refractivity contribution >= 4 is 23.9 Å². The van der Waals surface area contributed by atoms with E-state index >= 15 is 0 Å². The number of aliphatic hydroxyl groups excluding tert-OH is 1. The lowest BCUT2D eigenvalue weighted by atomic mass is 9.84. The molecular formula is C48H62N6O7. The molecule has 1 saturated heterocycles. The van der Waals surface area contributed by atoms with Crippen LogP contribution in [0.1, 0.15) is 64.7 Å². The topological polar surface area (TPSA) is 162 Å². The normalized spacial score (nSPS) is 15.6. The van der Waals surface area contributed by atoms with Crippen molar-refractivity contribution in [2.24, 2.45) is 10.8 Å². The molecule has 1 aliphatic rings. The average Bonchev–Trinajstić information content (AvgIpc) is 3.57. The molecule has 13 heteroatoms. The first-order chi connectivity index (χ1) is 29.0. The summed E-state index contributed by atoms with van der Waals surface area (Å²) in [4.78, 5) is 62.9. The molecule has 1 aromatic heterocycles. The fourth-order valence-corrected chi connectivity index (χ4v) is 7.78. The van der Waals surface area contributed by atoms with Crippen LogP contribution in [0.25, 0.3) is 11.3 Å². The van der Waals surface area contributed by atoms with Crippen LogP contribution in [0, 0.1) is 10.8 Å². The van der Waals surface area contributed by atoms with Gasteiger partial charge in [-0.25, -0.2) is 14.6 Å². The highest BCUT2D eigenvalue weighted by atomic mass is 16.5. The van der Waals surface area contributed by atoms with Gasteiger partial charge in [0.15, 0.2) is 0 Å². The van der Waals surface area contributed by atoms with Crippen LogP contribution in [0.4, 0.5) is 9.59 Å². The van der Waals surface area contributed by atoms with Gasteiger partial charge in [-0.05, 0) is 52.8 Å². The lowest BCUT2D eigenvalue weighted by molar-refractivity contribution is -0.131. The molecule has 2 heterocycles. The van der Waals surface area contributed by atoms with Crippen LogP contribution in [-0.4, -0.2) is 101 Å². The molecule has 0 spiro atoms. The number of methoxy groups -OCH3 is 2. The van der Waals surface area contributed by atoms with Gasteiger partial charge in [0.05, 0.1) is 32.1 Å². The molecule has 5 unspecified atom stereocenters. The molecule has 13 nitrogen and oxygen atoms in total. The third-order valence-corrected chi connectivity index (χ3v) is 10.9. The number of hydrogen-bond acceptors (Lipinski definition) is 8. The number of nitrogens with zero attached hydrogens (tertiary/aromatic N) is 3. The Bertz CT molecular complexity index is 2070. The molecule has 61 heavy (non-hydrogen) atoms. The number of urea groups is 1. The summed E-state index contributed by atoms with van der Waals surface area (Å²) in [5.74, 6) is -0.327. The first-order valence-corrected chi connectivity index (χ1v) is 20.8. The second-order valence-corrected chi connectivity index (χ2v) is 17.9. The molecule has 0 radical (unpaired) electrons. The van der Waals surface area contributed by atoms with Gasteiger partial charge >= 0.3 is 12.1 Å². The van der Waals surface area contributed by atoms with Crippen LogP contribution >= 0.6 is 0 Å². The summed E-state index contributed by atoms with van der Waals surface area (Å²) in [5, 5.41) is 21.2. The molecular weight excluding hydrogens is 773 g/mol. The monoisotopic (exact) mass is 834 g/mol. The number of amides is 5. The zero-order valence-electron chi connectivity index (χ0n) is 36.7. The quantitative estimate of drug-likeness (QED) is 0.0953. The number of hydrogen-bond donors (Lipinski definition) is 4. The maximum Gasteiger partial charge on any atom is 0.407 e. The van der Waals surface area contributed by atoms with Crippen LogP contribution in [0.15, 0.2) is 103 Å². The molecule has 4 N–H and O–H groups in total. The minimum absolute atomic E-state index is 0.0471. The van der Waals surface area contributed by atoms with Crippen molar-refractivity contribution in [1.82, 2.24) is 30.7 Å². The van der Waals surface area contributed by atoms with Gasteiger partial charge < -0.3 is 40.3 Å². The van der Waals surface area contributed by atoms with Gasteiger partial charge in [-0.3, -0.25) is 9.59 Å². The third kappa shape index (κ3) is 12.8. The van der Waals surface area contributed by atoms with Crippen molar-refractivity contribution in [3.05, 3.63) is 120 Å². The van der Waals surface area contributed by atoms with E-state index in [1.54, 1.807) is 23.0 Å². The van der Waals surface area contributed by atoms with E-state index < -0.39 is 53.1 Å². The van der Waals surface area contributed by atoms with E-state index in [4.69, 9.17) is 9.47 Å². The molecule has 4 aromatic rings. The number of carbonyl (C=O) groups is 4. The summed E-state index contributed by atoms with van der Waals surface area (Å²) in [7, 11) is 2.80. The fourth-order valence-electron chi connectivity index (χ4n) is 7.78. The number of alkyl carbamates (subject to hydrolysis) is 1. The molecule has 5 amide bonds. The molecule has 5 atom stereocenters. The largest absolute Gasteiger partial charge is 0.481 e. The van der Waals surface area contributed by atoms with Gasteiger partial charge in [-0.15, -0.1) is 0 Å². The standard InChI is InChI=1S/C48H62N6O7/c1-47(2,3)41(52-45(58)61-8)43(56)49-36(28-33-22-24-35(25-23-33)37-20-15-21-40(50-37)60-7)30-39(55)38(29-32-16-11-9-12-17-32)51-44(57)42(48(4,5)6)54-27-26-53(46(54)59)31-34-18-13-10-14-19-34/h9-25,36,38-39,41-42,55H,26-31H2,1-8H3,(H,49,56)(H,51,57)(H,52,58). The summed E-state index contributed by atoms with van der Waals surface area (Å²) in [6.45, 7) is 12.6. The summed E-state index contributed by atoms with van der Waals surface area (Å²) in [6.07, 6.45) is -1.24. The summed E-state index contributed by atoms with van der Waals surface area (Å²) < 4.78 is 10.2. The Morgan fingerprint density at radius 3 is 1.93 bits per heavy atom. The number of carbonyl (C=O) groups excluding carboxylic acids is 4. The summed E-state index contributed by atoms with van der Waals surface area (Å²) in [6, 6.07) is 29.2. The molecule has 0 bridgehead atoms. The second kappa shape index (κ2) is 20.5. The van der Waals surface area contributed by atoms with Crippen molar-refractivity contribution in [3.63, 3.8) is 0 Å². The van der Waals surface area contributed by atoms with Crippen LogP contribution in [0.5, 0.6) is 5.88 Å². The first-order valence-electron chi connectivity index (χ1n) is 20.8. The minimum Gasteiger partial charge on any atom is -0.481 e. The fraction of sp³-hybridized carbons (Fsp3) is 0.438. The van der Waals surface area contributed by atoms with Gasteiger partial charge in [0, 0.05) is 37.3 Å². The highest BCUT2D eigenvalue weighted by Gasteiger charge is 2.44. The van der Waals surface area contributed by atoms with Crippen molar-refractivity contribution in [2.45, 2.75) is 97.6 Å². The number of ether oxygens (including phenoxy) is 2. The molecule has 1 fully saturated rings. The predicted molar refractivity (Wildman–Crippen MR) is 236 cm³/mol. The van der Waals surface area contributed by atoms with E-state index in [1.165, 1.54) is 7.11 Å². The van der Waals surface area contributed by atoms with Gasteiger partial charge in [-0.2, -0.15) is 0 Å². The number of nitrogens with one attached hydrogen (secondary N) is 3. The van der Waals surface area contributed by atoms with Crippen LogP contribution in [0.3, 0.4) is 0 Å². The molecule has 1 aliphatic heterocycles. The predicted octanol–water partition coefficient (Wildman–Crippen LogP) is 6.39. The van der Waals surface area contributed by atoms with Crippen LogP contribution in [0.2, 0.25) is 0 Å². The molecule has 0 saturated carbocycles. The number of aromatic nitrogens is 1. The Morgan fingerprint density at radius 2 is 1.34 bits per heavy atom. The minimum atomic E-state index is -1.15.